The van der Waals surface area contributed by atoms with Gasteiger partial charge in [0, 0.05) is 36.1 Å². The molecule has 0 fully saturated rings. The SMILES string of the molecule is O=C(Nc1ccc2[nH]ncc2c1)c1cccnc1NCc1ccc(=O)[nH]c1. The van der Waals surface area contributed by atoms with Crippen LogP contribution in [0.2, 0.25) is 0 Å². The van der Waals surface area contributed by atoms with Crippen molar-refractivity contribution in [3.05, 3.63) is 82.5 Å². The first-order chi connectivity index (χ1) is 13.2. The minimum atomic E-state index is -0.269. The van der Waals surface area contributed by atoms with Crippen LogP contribution in [0.25, 0.3) is 10.9 Å². The molecule has 27 heavy (non-hydrogen) atoms. The van der Waals surface area contributed by atoms with Gasteiger partial charge in [-0.2, -0.15) is 5.10 Å². The maximum atomic E-state index is 12.7. The van der Waals surface area contributed by atoms with Crippen LogP contribution in [0.1, 0.15) is 15.9 Å². The van der Waals surface area contributed by atoms with Crippen LogP contribution in [0.3, 0.4) is 0 Å². The van der Waals surface area contributed by atoms with Gasteiger partial charge in [0.2, 0.25) is 5.56 Å². The highest BCUT2D eigenvalue weighted by Gasteiger charge is 2.13. The molecular formula is C19H16N6O2. The van der Waals surface area contributed by atoms with E-state index < -0.39 is 0 Å². The molecule has 4 rings (SSSR count). The highest BCUT2D eigenvalue weighted by atomic mass is 16.1. The zero-order chi connectivity index (χ0) is 18.6. The highest BCUT2D eigenvalue weighted by Crippen LogP contribution is 2.19. The van der Waals surface area contributed by atoms with Crippen molar-refractivity contribution in [1.82, 2.24) is 20.2 Å². The average molecular weight is 360 g/mol. The Balaban J connectivity index is 1.51. The summed E-state index contributed by atoms with van der Waals surface area (Å²) < 4.78 is 0. The van der Waals surface area contributed by atoms with Crippen LogP contribution in [0.5, 0.6) is 0 Å². The average Bonchev–Trinajstić information content (AvgIpc) is 3.15. The number of hydrogen-bond donors (Lipinski definition) is 4. The largest absolute Gasteiger partial charge is 0.365 e. The lowest BCUT2D eigenvalue weighted by Gasteiger charge is -2.11. The summed E-state index contributed by atoms with van der Waals surface area (Å²) in [5.41, 5.74) is 2.71. The van der Waals surface area contributed by atoms with E-state index in [1.54, 1.807) is 36.8 Å². The van der Waals surface area contributed by atoms with Crippen LogP contribution in [0.4, 0.5) is 11.5 Å². The quantitative estimate of drug-likeness (QED) is 0.436. The summed E-state index contributed by atoms with van der Waals surface area (Å²) in [5, 5.41) is 13.8. The Labute approximate surface area is 153 Å². The molecule has 0 radical (unpaired) electrons. The van der Waals surface area contributed by atoms with Gasteiger partial charge >= 0.3 is 0 Å². The predicted octanol–water partition coefficient (Wildman–Crippen LogP) is 2.51. The number of nitrogens with zero attached hydrogens (tertiary/aromatic N) is 2. The van der Waals surface area contributed by atoms with Gasteiger partial charge in [0.25, 0.3) is 5.91 Å². The molecule has 0 atom stereocenters. The molecule has 8 heteroatoms. The molecule has 0 unspecified atom stereocenters. The molecule has 0 aliphatic carbocycles. The summed E-state index contributed by atoms with van der Waals surface area (Å²) >= 11 is 0. The molecule has 4 aromatic rings. The van der Waals surface area contributed by atoms with E-state index in [2.05, 4.69) is 30.8 Å². The summed E-state index contributed by atoms with van der Waals surface area (Å²) in [6.07, 6.45) is 4.94. The minimum absolute atomic E-state index is 0.161. The number of hydrogen-bond acceptors (Lipinski definition) is 5. The summed E-state index contributed by atoms with van der Waals surface area (Å²) in [5.74, 6) is 0.195. The van der Waals surface area contributed by atoms with Crippen molar-refractivity contribution in [1.29, 1.82) is 0 Å². The monoisotopic (exact) mass is 360 g/mol. The lowest BCUT2D eigenvalue weighted by molar-refractivity contribution is 0.102. The van der Waals surface area contributed by atoms with Crippen LogP contribution < -0.4 is 16.2 Å². The highest BCUT2D eigenvalue weighted by molar-refractivity contribution is 6.08. The van der Waals surface area contributed by atoms with Gasteiger partial charge in [0.15, 0.2) is 0 Å². The number of carbonyl (C=O) groups is 1. The summed E-state index contributed by atoms with van der Waals surface area (Å²) in [6.45, 7) is 0.426. The van der Waals surface area contributed by atoms with Crippen molar-refractivity contribution < 1.29 is 4.79 Å². The number of aromatic nitrogens is 4. The lowest BCUT2D eigenvalue weighted by atomic mass is 10.2. The number of aromatic amines is 2. The van der Waals surface area contributed by atoms with Gasteiger partial charge in [0.1, 0.15) is 5.82 Å². The minimum Gasteiger partial charge on any atom is -0.365 e. The zero-order valence-electron chi connectivity index (χ0n) is 14.2. The molecular weight excluding hydrogens is 344 g/mol. The molecule has 1 amide bonds. The summed E-state index contributed by atoms with van der Waals surface area (Å²) in [4.78, 5) is 30.7. The van der Waals surface area contributed by atoms with Crippen LogP contribution in [0, 0.1) is 0 Å². The van der Waals surface area contributed by atoms with Gasteiger partial charge < -0.3 is 15.6 Å². The standard InChI is InChI=1S/C19H16N6O2/c26-17-6-3-12(9-21-17)10-22-18-15(2-1-7-20-18)19(27)24-14-4-5-16-13(8-14)11-23-25-16/h1-9,11H,10H2,(H,20,22)(H,21,26)(H,23,25)(H,24,27). The lowest BCUT2D eigenvalue weighted by Crippen LogP contribution is -2.16. The molecule has 4 N–H and O–H groups in total. The molecule has 0 bridgehead atoms. The third-order valence-electron chi connectivity index (χ3n) is 4.06. The van der Waals surface area contributed by atoms with E-state index in [0.717, 1.165) is 16.5 Å². The number of nitrogens with one attached hydrogen (secondary N) is 4. The second kappa shape index (κ2) is 7.12. The maximum absolute atomic E-state index is 12.7. The number of H-pyrrole nitrogens is 2. The molecule has 8 nitrogen and oxygen atoms in total. The van der Waals surface area contributed by atoms with E-state index in [0.29, 0.717) is 23.6 Å². The summed E-state index contributed by atoms with van der Waals surface area (Å²) in [6, 6.07) is 12.1. The number of benzene rings is 1. The van der Waals surface area contributed by atoms with Crippen molar-refractivity contribution in [2.24, 2.45) is 0 Å². The Hall–Kier alpha value is -3.94. The third kappa shape index (κ3) is 3.69. The van der Waals surface area contributed by atoms with Gasteiger partial charge in [-0.3, -0.25) is 14.7 Å². The van der Waals surface area contributed by atoms with E-state index in [4.69, 9.17) is 0 Å². The van der Waals surface area contributed by atoms with Gasteiger partial charge in [-0.05, 0) is 35.9 Å². The fourth-order valence-corrected chi connectivity index (χ4v) is 2.69. The van der Waals surface area contributed by atoms with Crippen LogP contribution in [0.15, 0.2) is 65.8 Å². The van der Waals surface area contributed by atoms with E-state index in [-0.39, 0.29) is 11.5 Å². The number of pyridine rings is 2. The van der Waals surface area contributed by atoms with Gasteiger partial charge in [-0.1, -0.05) is 6.07 Å². The van der Waals surface area contributed by atoms with Crippen molar-refractivity contribution in [3.63, 3.8) is 0 Å². The first-order valence-electron chi connectivity index (χ1n) is 8.30. The Bertz CT molecular complexity index is 1140. The van der Waals surface area contributed by atoms with Gasteiger partial charge in [-0.25, -0.2) is 4.98 Å². The first kappa shape index (κ1) is 16.5. The number of fused-ring (bicyclic) bond motifs is 1. The molecule has 0 spiro atoms. The maximum Gasteiger partial charge on any atom is 0.259 e. The Morgan fingerprint density at radius 1 is 1.15 bits per heavy atom. The fraction of sp³-hybridized carbons (Fsp3) is 0.0526. The predicted molar refractivity (Wildman–Crippen MR) is 103 cm³/mol. The Kier molecular flexibility index (Phi) is 4.36. The molecule has 0 aliphatic heterocycles. The molecule has 1 aromatic carbocycles. The van der Waals surface area contributed by atoms with E-state index in [1.165, 1.54) is 6.07 Å². The second-order valence-corrected chi connectivity index (χ2v) is 5.94. The molecule has 3 heterocycles. The molecule has 0 saturated heterocycles. The van der Waals surface area contributed by atoms with E-state index in [9.17, 15) is 9.59 Å². The summed E-state index contributed by atoms with van der Waals surface area (Å²) in [7, 11) is 0. The van der Waals surface area contributed by atoms with Crippen molar-refractivity contribution in [2.45, 2.75) is 6.54 Å². The van der Waals surface area contributed by atoms with E-state index >= 15 is 0 Å². The van der Waals surface area contributed by atoms with Gasteiger partial charge in [-0.15, -0.1) is 0 Å². The molecule has 0 saturated carbocycles. The second-order valence-electron chi connectivity index (χ2n) is 5.94. The molecule has 3 aromatic heterocycles. The zero-order valence-corrected chi connectivity index (χ0v) is 14.2. The smallest absolute Gasteiger partial charge is 0.259 e. The van der Waals surface area contributed by atoms with Crippen molar-refractivity contribution in [2.75, 3.05) is 10.6 Å². The van der Waals surface area contributed by atoms with Crippen molar-refractivity contribution in [3.8, 4) is 0 Å². The van der Waals surface area contributed by atoms with Crippen LogP contribution >= 0.6 is 0 Å². The number of carbonyl (C=O) groups excluding carboxylic acids is 1. The Morgan fingerprint density at radius 2 is 2.07 bits per heavy atom. The molecule has 0 aliphatic rings. The number of rotatable bonds is 5. The van der Waals surface area contributed by atoms with E-state index in [1.807, 2.05) is 18.2 Å². The number of anilines is 2. The molecule has 134 valence electrons. The topological polar surface area (TPSA) is 116 Å². The number of amides is 1. The normalized spacial score (nSPS) is 10.7. The third-order valence-corrected chi connectivity index (χ3v) is 4.06. The Morgan fingerprint density at radius 3 is 2.93 bits per heavy atom. The van der Waals surface area contributed by atoms with Crippen molar-refractivity contribution >= 4 is 28.3 Å². The first-order valence-corrected chi connectivity index (χ1v) is 8.30. The van der Waals surface area contributed by atoms with Crippen LogP contribution in [-0.2, 0) is 6.54 Å². The fourth-order valence-electron chi connectivity index (χ4n) is 2.69. The van der Waals surface area contributed by atoms with Gasteiger partial charge in [0.05, 0.1) is 17.3 Å². The van der Waals surface area contributed by atoms with Crippen LogP contribution in [-0.4, -0.2) is 26.1 Å².